The molecule has 8 heteroatoms. The summed E-state index contributed by atoms with van der Waals surface area (Å²) in [5, 5.41) is 21.9. The Balaban J connectivity index is 1.62. The molecule has 0 radical (unpaired) electrons. The Morgan fingerprint density at radius 3 is 2.59 bits per heavy atom. The average molecular weight is 456 g/mol. The highest BCUT2D eigenvalue weighted by atomic mass is 32.2. The molecular weight excluding hydrogens is 422 g/mol. The van der Waals surface area contributed by atoms with Crippen LogP contribution in [0, 0.1) is 17.2 Å². The van der Waals surface area contributed by atoms with Gasteiger partial charge in [-0.2, -0.15) is 5.26 Å². The minimum atomic E-state index is -0.714. The van der Waals surface area contributed by atoms with Crippen LogP contribution in [0.15, 0.2) is 29.4 Å². The first kappa shape index (κ1) is 24.1. The monoisotopic (exact) mass is 455 g/mol. The maximum Gasteiger partial charge on any atom is 0.231 e. The molecule has 172 valence electrons. The van der Waals surface area contributed by atoms with Gasteiger partial charge in [0.15, 0.2) is 11.0 Å². The van der Waals surface area contributed by atoms with Gasteiger partial charge in [0, 0.05) is 6.54 Å². The second-order valence-electron chi connectivity index (χ2n) is 8.78. The van der Waals surface area contributed by atoms with Gasteiger partial charge in [0.1, 0.15) is 17.9 Å². The molecule has 0 unspecified atom stereocenters. The lowest BCUT2D eigenvalue weighted by atomic mass is 9.83. The molecule has 0 saturated heterocycles. The fourth-order valence-corrected chi connectivity index (χ4v) is 4.67. The van der Waals surface area contributed by atoms with Crippen LogP contribution in [0.2, 0.25) is 0 Å². The Morgan fingerprint density at radius 2 is 1.97 bits per heavy atom. The van der Waals surface area contributed by atoms with E-state index < -0.39 is 5.54 Å². The third-order valence-corrected chi connectivity index (χ3v) is 6.64. The van der Waals surface area contributed by atoms with Gasteiger partial charge in [-0.3, -0.25) is 4.79 Å². The Hall–Kier alpha value is -2.53. The number of aryl methyl sites for hydroxylation is 1. The number of hydrogen-bond donors (Lipinski definition) is 1. The predicted molar refractivity (Wildman–Crippen MR) is 125 cm³/mol. The average Bonchev–Trinajstić information content (AvgIpc) is 3.18. The van der Waals surface area contributed by atoms with Gasteiger partial charge in [0.05, 0.1) is 11.8 Å². The summed E-state index contributed by atoms with van der Waals surface area (Å²) in [7, 11) is 0. The highest BCUT2D eigenvalue weighted by molar-refractivity contribution is 7.99. The number of hydrogen-bond acceptors (Lipinski definition) is 6. The molecule has 1 aliphatic carbocycles. The van der Waals surface area contributed by atoms with Gasteiger partial charge in [-0.15, -0.1) is 10.2 Å². The first-order valence-corrected chi connectivity index (χ1v) is 12.4. The molecule has 1 N–H and O–H groups in total. The number of nitrogens with one attached hydrogen (secondary N) is 1. The van der Waals surface area contributed by atoms with Crippen molar-refractivity contribution in [2.45, 2.75) is 83.1 Å². The molecular formula is C24H33N5O2S. The van der Waals surface area contributed by atoms with Crippen molar-refractivity contribution in [2.24, 2.45) is 5.92 Å². The van der Waals surface area contributed by atoms with Crippen LogP contribution < -0.4 is 10.1 Å². The van der Waals surface area contributed by atoms with Crippen LogP contribution in [0.5, 0.6) is 5.75 Å². The highest BCUT2D eigenvalue weighted by Crippen LogP contribution is 2.28. The van der Waals surface area contributed by atoms with Gasteiger partial charge in [-0.25, -0.2) is 0 Å². The minimum Gasteiger partial charge on any atom is -0.486 e. The van der Waals surface area contributed by atoms with Crippen molar-refractivity contribution in [2.75, 3.05) is 5.75 Å². The van der Waals surface area contributed by atoms with Crippen LogP contribution in [0.4, 0.5) is 0 Å². The molecule has 7 nitrogen and oxygen atoms in total. The Kier molecular flexibility index (Phi) is 8.57. The molecule has 1 saturated carbocycles. The number of rotatable bonds is 10. The van der Waals surface area contributed by atoms with E-state index in [0.717, 1.165) is 56.6 Å². The second kappa shape index (κ2) is 11.4. The molecule has 1 aromatic carbocycles. The van der Waals surface area contributed by atoms with E-state index in [9.17, 15) is 10.1 Å². The predicted octanol–water partition coefficient (Wildman–Crippen LogP) is 4.51. The second-order valence-corrected chi connectivity index (χ2v) is 9.72. The van der Waals surface area contributed by atoms with E-state index in [-0.39, 0.29) is 11.7 Å². The number of ether oxygens (including phenoxy) is 1. The van der Waals surface area contributed by atoms with E-state index >= 15 is 0 Å². The maximum absolute atomic E-state index is 12.6. The summed E-state index contributed by atoms with van der Waals surface area (Å²) < 4.78 is 7.96. The summed E-state index contributed by atoms with van der Waals surface area (Å²) in [5.41, 5.74) is 0.553. The van der Waals surface area contributed by atoms with Crippen molar-refractivity contribution in [3.63, 3.8) is 0 Å². The number of thioether (sulfide) groups is 1. The molecule has 32 heavy (non-hydrogen) atoms. The van der Waals surface area contributed by atoms with E-state index in [1.807, 2.05) is 16.7 Å². The van der Waals surface area contributed by atoms with E-state index in [2.05, 4.69) is 54.5 Å². The van der Waals surface area contributed by atoms with Crippen LogP contribution in [-0.2, 0) is 24.4 Å². The number of nitriles is 1. The number of benzene rings is 1. The van der Waals surface area contributed by atoms with Crippen LogP contribution in [0.3, 0.4) is 0 Å². The maximum atomic E-state index is 12.6. The molecule has 0 spiro atoms. The van der Waals surface area contributed by atoms with Crippen molar-refractivity contribution >= 4 is 17.7 Å². The fourth-order valence-electron chi connectivity index (χ4n) is 3.90. The Morgan fingerprint density at radius 1 is 1.25 bits per heavy atom. The molecule has 3 rings (SSSR count). The van der Waals surface area contributed by atoms with Gasteiger partial charge >= 0.3 is 0 Å². The van der Waals surface area contributed by atoms with E-state index in [4.69, 9.17) is 4.74 Å². The van der Waals surface area contributed by atoms with Crippen molar-refractivity contribution < 1.29 is 9.53 Å². The van der Waals surface area contributed by atoms with Crippen molar-refractivity contribution in [1.82, 2.24) is 20.1 Å². The molecule has 1 fully saturated rings. The summed E-state index contributed by atoms with van der Waals surface area (Å²) >= 11 is 1.35. The molecule has 0 aliphatic heterocycles. The molecule has 2 aromatic rings. The van der Waals surface area contributed by atoms with Gasteiger partial charge in [0.25, 0.3) is 0 Å². The number of carbonyl (C=O) groups excluding carboxylic acids is 1. The van der Waals surface area contributed by atoms with E-state index in [1.54, 1.807) is 0 Å². The number of amides is 1. The molecule has 0 atom stereocenters. The molecule has 1 aliphatic rings. The number of aromatic nitrogens is 3. The van der Waals surface area contributed by atoms with Crippen molar-refractivity contribution in [3.8, 4) is 11.8 Å². The quantitative estimate of drug-likeness (QED) is 0.530. The fraction of sp³-hybridized carbons (Fsp3) is 0.583. The lowest BCUT2D eigenvalue weighted by Gasteiger charge is -2.31. The van der Waals surface area contributed by atoms with Crippen molar-refractivity contribution in [3.05, 3.63) is 35.7 Å². The van der Waals surface area contributed by atoms with Gasteiger partial charge in [-0.1, -0.05) is 63.9 Å². The van der Waals surface area contributed by atoms with Crippen LogP contribution >= 0.6 is 11.8 Å². The topological polar surface area (TPSA) is 92.8 Å². The van der Waals surface area contributed by atoms with E-state index in [0.29, 0.717) is 17.7 Å². The lowest BCUT2D eigenvalue weighted by Crippen LogP contribution is -2.49. The number of carbonyl (C=O) groups is 1. The summed E-state index contributed by atoms with van der Waals surface area (Å²) in [6.45, 7) is 7.45. The zero-order valence-electron chi connectivity index (χ0n) is 19.3. The zero-order chi connectivity index (χ0) is 23.0. The summed E-state index contributed by atoms with van der Waals surface area (Å²) in [5.74, 6) is 2.00. The third kappa shape index (κ3) is 6.49. The Labute approximate surface area is 194 Å². The number of nitrogens with zero attached hydrogens (tertiary/aromatic N) is 4. The van der Waals surface area contributed by atoms with Gasteiger partial charge in [0.2, 0.25) is 5.91 Å². The normalized spacial score (nSPS) is 15.3. The first-order chi connectivity index (χ1) is 15.4. The van der Waals surface area contributed by atoms with Crippen LogP contribution in [0.1, 0.15) is 64.3 Å². The lowest BCUT2D eigenvalue weighted by molar-refractivity contribution is -0.120. The molecule has 0 bridgehead atoms. The third-order valence-electron chi connectivity index (χ3n) is 5.67. The largest absolute Gasteiger partial charge is 0.486 e. The molecule has 1 amide bonds. The molecule has 1 heterocycles. The summed E-state index contributed by atoms with van der Waals surface area (Å²) in [4.78, 5) is 12.6. The zero-order valence-corrected chi connectivity index (χ0v) is 20.1. The summed E-state index contributed by atoms with van der Waals surface area (Å²) in [6.07, 6.45) is 5.53. The molecule has 1 aromatic heterocycles. The highest BCUT2D eigenvalue weighted by Gasteiger charge is 2.33. The SMILES string of the molecule is CCc1ccc(OCc2nnc(SCC(=O)NC3(C#N)CCCCC3)n2CC(C)C)cc1. The van der Waals surface area contributed by atoms with Crippen molar-refractivity contribution in [1.29, 1.82) is 5.26 Å². The minimum absolute atomic E-state index is 0.133. The smallest absolute Gasteiger partial charge is 0.231 e. The van der Waals surface area contributed by atoms with Crippen LogP contribution in [-0.4, -0.2) is 32.0 Å². The standard InChI is InChI=1S/C24H33N5O2S/c1-4-19-8-10-20(11-9-19)31-15-21-27-28-23(29(21)14-18(2)3)32-16-22(30)26-24(17-25)12-6-5-7-13-24/h8-11,18H,4-7,12-16H2,1-3H3,(H,26,30). The van der Waals surface area contributed by atoms with Gasteiger partial charge in [-0.05, 0) is 42.9 Å². The van der Waals surface area contributed by atoms with Crippen LogP contribution in [0.25, 0.3) is 0 Å². The Bertz CT molecular complexity index is 927. The van der Waals surface area contributed by atoms with Gasteiger partial charge < -0.3 is 14.6 Å². The summed E-state index contributed by atoms with van der Waals surface area (Å²) in [6, 6.07) is 10.4. The first-order valence-electron chi connectivity index (χ1n) is 11.4. The van der Waals surface area contributed by atoms with E-state index in [1.165, 1.54) is 17.3 Å².